The first-order valence-corrected chi connectivity index (χ1v) is 15.0. The number of carbonyl (C=O) groups excluding carboxylic acids is 3. The maximum absolute atomic E-state index is 14.2. The van der Waals surface area contributed by atoms with Crippen LogP contribution in [0, 0.1) is 11.6 Å². The number of anilines is 1. The van der Waals surface area contributed by atoms with Crippen molar-refractivity contribution in [2.75, 3.05) is 12.4 Å². The molecule has 1 heterocycles. The number of aromatic nitrogens is 1. The SMILES string of the molecule is COC(=O)C[C@H](O)C[C@@H](O)/C=C/c1c(-c2ccc(F)cc2)c(-c2ccc(F)cc2)c(C(=O)Nc2ccc(CC(N)=O)cc2)n1C(C)C. The van der Waals surface area contributed by atoms with Crippen LogP contribution in [-0.2, 0) is 20.7 Å². The zero-order chi connectivity index (χ0) is 34.2. The minimum atomic E-state index is -1.18. The normalized spacial score (nSPS) is 12.7. The van der Waals surface area contributed by atoms with E-state index in [4.69, 9.17) is 5.73 Å². The molecule has 0 bridgehead atoms. The number of carbonyl (C=O) groups is 3. The van der Waals surface area contributed by atoms with E-state index in [1.54, 1.807) is 59.2 Å². The van der Waals surface area contributed by atoms with Gasteiger partial charge < -0.3 is 30.6 Å². The lowest BCUT2D eigenvalue weighted by Gasteiger charge is -2.17. The molecule has 5 N–H and O–H groups in total. The highest BCUT2D eigenvalue weighted by Crippen LogP contribution is 2.43. The molecule has 0 radical (unpaired) electrons. The fourth-order valence-corrected chi connectivity index (χ4v) is 5.35. The summed E-state index contributed by atoms with van der Waals surface area (Å²) in [7, 11) is 1.20. The van der Waals surface area contributed by atoms with Gasteiger partial charge in [0.15, 0.2) is 0 Å². The van der Waals surface area contributed by atoms with E-state index >= 15 is 0 Å². The van der Waals surface area contributed by atoms with E-state index in [2.05, 4.69) is 10.1 Å². The van der Waals surface area contributed by atoms with Gasteiger partial charge in [0.2, 0.25) is 5.91 Å². The molecule has 0 aliphatic heterocycles. The maximum Gasteiger partial charge on any atom is 0.308 e. The number of primary amides is 1. The number of aliphatic hydroxyl groups is 2. The van der Waals surface area contributed by atoms with Crippen LogP contribution < -0.4 is 11.1 Å². The van der Waals surface area contributed by atoms with Gasteiger partial charge in [0.25, 0.3) is 5.91 Å². The lowest BCUT2D eigenvalue weighted by atomic mass is 9.94. The minimum absolute atomic E-state index is 0.0431. The Kier molecular flexibility index (Phi) is 11.4. The van der Waals surface area contributed by atoms with Gasteiger partial charge in [-0.3, -0.25) is 14.4 Å². The highest BCUT2D eigenvalue weighted by atomic mass is 19.1. The minimum Gasteiger partial charge on any atom is -0.469 e. The highest BCUT2D eigenvalue weighted by molar-refractivity contribution is 6.12. The van der Waals surface area contributed by atoms with Crippen LogP contribution in [0.3, 0.4) is 0 Å². The van der Waals surface area contributed by atoms with Gasteiger partial charge in [-0.05, 0) is 73.0 Å². The van der Waals surface area contributed by atoms with Gasteiger partial charge >= 0.3 is 5.97 Å². The lowest BCUT2D eigenvalue weighted by Crippen LogP contribution is -2.21. The Morgan fingerprint density at radius 1 is 0.894 bits per heavy atom. The van der Waals surface area contributed by atoms with Crippen LogP contribution in [0.1, 0.15) is 54.5 Å². The number of rotatable bonds is 13. The molecule has 0 spiro atoms. The molecular formula is C36H37F2N3O6. The molecule has 11 heteroatoms. The quantitative estimate of drug-likeness (QED) is 0.138. The van der Waals surface area contributed by atoms with Crippen molar-refractivity contribution in [3.05, 3.63) is 107 Å². The number of nitrogens with two attached hydrogens (primary N) is 1. The van der Waals surface area contributed by atoms with Gasteiger partial charge in [-0.25, -0.2) is 8.78 Å². The second-order valence-electron chi connectivity index (χ2n) is 11.4. The number of benzene rings is 3. The van der Waals surface area contributed by atoms with Gasteiger partial charge in [0, 0.05) is 35.0 Å². The molecule has 2 amide bonds. The van der Waals surface area contributed by atoms with Gasteiger partial charge in [0.1, 0.15) is 17.3 Å². The zero-order valence-electron chi connectivity index (χ0n) is 26.2. The van der Waals surface area contributed by atoms with Crippen molar-refractivity contribution in [1.82, 2.24) is 4.57 Å². The van der Waals surface area contributed by atoms with Crippen LogP contribution in [0.15, 0.2) is 78.9 Å². The molecule has 47 heavy (non-hydrogen) atoms. The number of ether oxygens (including phenoxy) is 1. The third-order valence-electron chi connectivity index (χ3n) is 7.45. The van der Waals surface area contributed by atoms with Crippen LogP contribution in [0.25, 0.3) is 28.3 Å². The molecule has 0 saturated heterocycles. The summed E-state index contributed by atoms with van der Waals surface area (Å²) in [5, 5.41) is 24.0. The molecule has 1 aromatic heterocycles. The monoisotopic (exact) mass is 645 g/mol. The molecule has 0 saturated carbocycles. The van der Waals surface area contributed by atoms with Crippen LogP contribution in [0.2, 0.25) is 0 Å². The standard InChI is InChI=1S/C36H37F2N3O6/c1-21(2)41-30(17-16-28(42)19-29(43)20-32(45)47-3)33(23-6-10-25(37)11-7-23)34(24-8-12-26(38)13-9-24)35(41)36(46)40-27-14-4-22(5-15-27)18-31(39)44/h4-17,21,28-29,42-43H,18-20H2,1-3H3,(H2,39,44)(H,40,46)/b17-16+/t28-,29+/m0/s1. The molecule has 0 aliphatic rings. The first-order valence-electron chi connectivity index (χ1n) is 15.0. The lowest BCUT2D eigenvalue weighted by molar-refractivity contribution is -0.143. The molecule has 2 atom stereocenters. The van der Waals surface area contributed by atoms with Crippen molar-refractivity contribution < 1.29 is 38.1 Å². The van der Waals surface area contributed by atoms with E-state index in [1.165, 1.54) is 37.5 Å². The van der Waals surface area contributed by atoms with Crippen LogP contribution in [0.5, 0.6) is 0 Å². The van der Waals surface area contributed by atoms with Gasteiger partial charge in [-0.15, -0.1) is 0 Å². The summed E-state index contributed by atoms with van der Waals surface area (Å²) in [5.41, 5.74) is 9.14. The van der Waals surface area contributed by atoms with Crippen molar-refractivity contribution in [3.8, 4) is 22.3 Å². The topological polar surface area (TPSA) is 144 Å². The number of hydrogen-bond acceptors (Lipinski definition) is 6. The number of nitrogens with zero attached hydrogens (tertiary/aromatic N) is 1. The molecule has 0 fully saturated rings. The van der Waals surface area contributed by atoms with E-state index in [-0.39, 0.29) is 31.0 Å². The molecule has 9 nitrogen and oxygen atoms in total. The van der Waals surface area contributed by atoms with Crippen molar-refractivity contribution in [3.63, 3.8) is 0 Å². The third-order valence-corrected chi connectivity index (χ3v) is 7.45. The van der Waals surface area contributed by atoms with Crippen molar-refractivity contribution >= 4 is 29.5 Å². The van der Waals surface area contributed by atoms with Crippen molar-refractivity contribution in [2.24, 2.45) is 5.73 Å². The Morgan fingerprint density at radius 3 is 1.96 bits per heavy atom. The van der Waals surface area contributed by atoms with E-state index < -0.39 is 41.6 Å². The smallest absolute Gasteiger partial charge is 0.308 e. The Balaban J connectivity index is 1.91. The summed E-state index contributed by atoms with van der Waals surface area (Å²) in [6, 6.07) is 17.7. The first-order chi connectivity index (χ1) is 22.4. The molecular weight excluding hydrogens is 608 g/mol. The Hall–Kier alpha value is -5.13. The predicted molar refractivity (Wildman–Crippen MR) is 175 cm³/mol. The summed E-state index contributed by atoms with van der Waals surface area (Å²) in [6.45, 7) is 3.73. The molecule has 4 aromatic rings. The molecule has 0 unspecified atom stereocenters. The van der Waals surface area contributed by atoms with Crippen LogP contribution in [-0.4, -0.2) is 51.9 Å². The number of methoxy groups -OCH3 is 1. The summed E-state index contributed by atoms with van der Waals surface area (Å²) in [4.78, 5) is 37.2. The van der Waals surface area contributed by atoms with Gasteiger partial charge in [-0.2, -0.15) is 0 Å². The number of halogens is 2. The third kappa shape index (κ3) is 8.78. The molecule has 3 aromatic carbocycles. The summed E-state index contributed by atoms with van der Waals surface area (Å²) >= 11 is 0. The van der Waals surface area contributed by atoms with Crippen molar-refractivity contribution in [1.29, 1.82) is 0 Å². The van der Waals surface area contributed by atoms with Gasteiger partial charge in [-0.1, -0.05) is 42.5 Å². The number of esters is 1. The highest BCUT2D eigenvalue weighted by Gasteiger charge is 2.30. The fraction of sp³-hybridized carbons (Fsp3) is 0.250. The molecule has 4 rings (SSSR count). The van der Waals surface area contributed by atoms with E-state index in [0.29, 0.717) is 39.2 Å². The first kappa shape index (κ1) is 34.7. The predicted octanol–water partition coefficient (Wildman–Crippen LogP) is 5.65. The fourth-order valence-electron chi connectivity index (χ4n) is 5.35. The van der Waals surface area contributed by atoms with E-state index in [0.717, 1.165) is 0 Å². The zero-order valence-corrected chi connectivity index (χ0v) is 26.2. The van der Waals surface area contributed by atoms with E-state index in [1.807, 2.05) is 13.8 Å². The average Bonchev–Trinajstić information content (AvgIpc) is 3.37. The average molecular weight is 646 g/mol. The Morgan fingerprint density at radius 2 is 1.45 bits per heavy atom. The van der Waals surface area contributed by atoms with Crippen LogP contribution >= 0.6 is 0 Å². The number of aliphatic hydroxyl groups excluding tert-OH is 2. The molecule has 246 valence electrons. The number of amides is 2. The number of nitrogens with one attached hydrogen (secondary N) is 1. The maximum atomic E-state index is 14.2. The summed E-state index contributed by atoms with van der Waals surface area (Å²) in [6.07, 6.45) is 0.280. The van der Waals surface area contributed by atoms with E-state index in [9.17, 15) is 33.4 Å². The summed E-state index contributed by atoms with van der Waals surface area (Å²) < 4.78 is 34.6. The second kappa shape index (κ2) is 15.4. The summed E-state index contributed by atoms with van der Waals surface area (Å²) in [5.74, 6) is -2.56. The number of hydrogen-bond donors (Lipinski definition) is 4. The van der Waals surface area contributed by atoms with Crippen molar-refractivity contribution in [2.45, 2.75) is 51.4 Å². The van der Waals surface area contributed by atoms with Gasteiger partial charge in [0.05, 0.1) is 32.2 Å². The Labute approximate surface area is 271 Å². The Bertz CT molecular complexity index is 1750. The second-order valence-corrected chi connectivity index (χ2v) is 11.4. The largest absolute Gasteiger partial charge is 0.469 e. The van der Waals surface area contributed by atoms with Crippen LogP contribution in [0.4, 0.5) is 14.5 Å². The molecule has 0 aliphatic carbocycles.